The summed E-state index contributed by atoms with van der Waals surface area (Å²) in [6.07, 6.45) is 3.86. The Kier molecular flexibility index (Phi) is 5.66. The molecule has 0 aliphatic carbocycles. The van der Waals surface area contributed by atoms with E-state index in [1.807, 2.05) is 6.20 Å². The summed E-state index contributed by atoms with van der Waals surface area (Å²) in [5.41, 5.74) is 2.46. The minimum absolute atomic E-state index is 0.0173. The maximum absolute atomic E-state index is 9.85. The number of aromatic nitrogens is 1. The van der Waals surface area contributed by atoms with Gasteiger partial charge in [-0.05, 0) is 32.4 Å². The van der Waals surface area contributed by atoms with E-state index in [0.717, 1.165) is 44.2 Å². The van der Waals surface area contributed by atoms with Crippen LogP contribution in [0.25, 0.3) is 10.6 Å². The predicted molar refractivity (Wildman–Crippen MR) is 98.2 cm³/mol. The van der Waals surface area contributed by atoms with Crippen LogP contribution in [0.1, 0.15) is 23.3 Å². The van der Waals surface area contributed by atoms with Gasteiger partial charge in [0.1, 0.15) is 5.01 Å². The molecule has 24 heavy (non-hydrogen) atoms. The van der Waals surface area contributed by atoms with Gasteiger partial charge in [-0.2, -0.15) is 0 Å². The average molecular weight is 346 g/mol. The number of benzene rings is 1. The summed E-state index contributed by atoms with van der Waals surface area (Å²) < 4.78 is 5.45. The highest BCUT2D eigenvalue weighted by atomic mass is 32.1. The number of thiazole rings is 1. The molecule has 1 N–H and O–H groups in total. The van der Waals surface area contributed by atoms with E-state index in [1.165, 1.54) is 16.0 Å². The van der Waals surface area contributed by atoms with Crippen LogP contribution < -0.4 is 0 Å². The van der Waals surface area contributed by atoms with Crippen LogP contribution in [-0.4, -0.2) is 48.4 Å². The van der Waals surface area contributed by atoms with Gasteiger partial charge in [-0.25, -0.2) is 4.98 Å². The Bertz CT molecular complexity index is 665. The van der Waals surface area contributed by atoms with Crippen LogP contribution in [-0.2, 0) is 11.3 Å². The van der Waals surface area contributed by atoms with Gasteiger partial charge in [0.15, 0.2) is 0 Å². The van der Waals surface area contributed by atoms with Crippen molar-refractivity contribution >= 4 is 11.3 Å². The molecule has 1 aromatic carbocycles. The highest BCUT2D eigenvalue weighted by molar-refractivity contribution is 7.15. The van der Waals surface area contributed by atoms with E-state index in [0.29, 0.717) is 0 Å². The lowest BCUT2D eigenvalue weighted by molar-refractivity contribution is -0.0317. The van der Waals surface area contributed by atoms with E-state index in [4.69, 9.17) is 4.74 Å². The largest absolute Gasteiger partial charge is 0.396 e. The molecule has 1 fully saturated rings. The van der Waals surface area contributed by atoms with Crippen molar-refractivity contribution in [1.82, 2.24) is 9.88 Å². The number of aryl methyl sites for hydroxylation is 1. The third-order valence-electron chi connectivity index (χ3n) is 4.85. The summed E-state index contributed by atoms with van der Waals surface area (Å²) >= 11 is 1.76. The molecule has 1 aromatic heterocycles. The Balaban J connectivity index is 1.65. The Morgan fingerprint density at radius 1 is 1.29 bits per heavy atom. The Labute approximate surface area is 148 Å². The number of hydrogen-bond acceptors (Lipinski definition) is 5. The number of aliphatic hydroxyl groups is 1. The molecule has 1 aliphatic rings. The molecular formula is C19H26N2O2S. The van der Waals surface area contributed by atoms with E-state index in [-0.39, 0.29) is 12.0 Å². The Morgan fingerprint density at radius 3 is 2.75 bits per heavy atom. The zero-order valence-electron chi connectivity index (χ0n) is 14.5. The number of ether oxygens (including phenoxy) is 1. The molecule has 0 bridgehead atoms. The van der Waals surface area contributed by atoms with Crippen molar-refractivity contribution in [2.45, 2.75) is 26.3 Å². The van der Waals surface area contributed by atoms with Gasteiger partial charge in [-0.1, -0.05) is 24.3 Å². The van der Waals surface area contributed by atoms with E-state index in [9.17, 15) is 5.11 Å². The number of nitrogens with zero attached hydrogens (tertiary/aromatic N) is 2. The van der Waals surface area contributed by atoms with Gasteiger partial charge in [0.05, 0.1) is 6.61 Å². The Hall–Kier alpha value is -1.27. The standard InChI is InChI=1S/C19H26N2O2S/c1-15-5-3-4-6-17(15)18-20-11-16(24-18)12-21(2)13-19(14-22)7-9-23-10-8-19/h3-6,11,22H,7-10,12-14H2,1-2H3. The van der Waals surface area contributed by atoms with Crippen LogP contribution in [0.15, 0.2) is 30.5 Å². The first-order valence-electron chi connectivity index (χ1n) is 8.50. The van der Waals surface area contributed by atoms with Crippen molar-refractivity contribution in [2.75, 3.05) is 33.4 Å². The molecule has 0 unspecified atom stereocenters. The number of aliphatic hydroxyl groups excluding tert-OH is 1. The van der Waals surface area contributed by atoms with Gasteiger partial charge in [0.2, 0.25) is 0 Å². The second kappa shape index (κ2) is 7.74. The van der Waals surface area contributed by atoms with E-state index < -0.39 is 0 Å². The first-order chi connectivity index (χ1) is 11.6. The van der Waals surface area contributed by atoms with Crippen molar-refractivity contribution in [3.8, 4) is 10.6 Å². The minimum atomic E-state index is -0.0173. The summed E-state index contributed by atoms with van der Waals surface area (Å²) in [6.45, 7) is 5.63. The average Bonchev–Trinajstić information content (AvgIpc) is 3.04. The molecule has 0 saturated carbocycles. The number of hydrogen-bond donors (Lipinski definition) is 1. The van der Waals surface area contributed by atoms with Crippen LogP contribution in [0.5, 0.6) is 0 Å². The van der Waals surface area contributed by atoms with E-state index in [2.05, 4.69) is 48.1 Å². The molecule has 130 valence electrons. The fourth-order valence-corrected chi connectivity index (χ4v) is 4.47. The highest BCUT2D eigenvalue weighted by Gasteiger charge is 2.33. The molecule has 2 heterocycles. The summed E-state index contributed by atoms with van der Waals surface area (Å²) in [7, 11) is 2.13. The predicted octanol–water partition coefficient (Wildman–Crippen LogP) is 3.34. The normalized spacial score (nSPS) is 17.3. The quantitative estimate of drug-likeness (QED) is 0.871. The summed E-state index contributed by atoms with van der Waals surface area (Å²) in [5, 5.41) is 10.9. The molecule has 0 amide bonds. The first-order valence-corrected chi connectivity index (χ1v) is 9.31. The summed E-state index contributed by atoms with van der Waals surface area (Å²) in [4.78, 5) is 8.17. The maximum atomic E-state index is 9.85. The van der Waals surface area contributed by atoms with E-state index in [1.54, 1.807) is 11.3 Å². The zero-order valence-corrected chi connectivity index (χ0v) is 15.3. The fourth-order valence-electron chi connectivity index (χ4n) is 3.38. The Morgan fingerprint density at radius 2 is 2.04 bits per heavy atom. The molecule has 0 atom stereocenters. The molecule has 1 saturated heterocycles. The molecule has 0 radical (unpaired) electrons. The molecule has 1 aliphatic heterocycles. The van der Waals surface area contributed by atoms with Gasteiger partial charge in [0.25, 0.3) is 0 Å². The minimum Gasteiger partial charge on any atom is -0.396 e. The zero-order chi connectivity index (χ0) is 17.0. The smallest absolute Gasteiger partial charge is 0.123 e. The SMILES string of the molecule is Cc1ccccc1-c1ncc(CN(C)CC2(CO)CCOCC2)s1. The highest BCUT2D eigenvalue weighted by Crippen LogP contribution is 2.32. The van der Waals surface area contributed by atoms with Gasteiger partial charge in [0, 0.05) is 48.4 Å². The second-order valence-corrected chi connectivity index (χ2v) is 8.00. The summed E-state index contributed by atoms with van der Waals surface area (Å²) in [6, 6.07) is 8.37. The molecule has 4 nitrogen and oxygen atoms in total. The molecule has 0 spiro atoms. The monoisotopic (exact) mass is 346 g/mol. The van der Waals surface area contributed by atoms with Gasteiger partial charge >= 0.3 is 0 Å². The van der Waals surface area contributed by atoms with Crippen molar-refractivity contribution in [1.29, 1.82) is 0 Å². The van der Waals surface area contributed by atoms with Gasteiger partial charge in [-0.3, -0.25) is 0 Å². The van der Waals surface area contributed by atoms with Crippen LogP contribution >= 0.6 is 11.3 Å². The number of rotatable bonds is 6. The van der Waals surface area contributed by atoms with Crippen molar-refractivity contribution in [2.24, 2.45) is 5.41 Å². The van der Waals surface area contributed by atoms with Crippen LogP contribution in [0.3, 0.4) is 0 Å². The topological polar surface area (TPSA) is 45.6 Å². The molecule has 2 aromatic rings. The van der Waals surface area contributed by atoms with Gasteiger partial charge in [-0.15, -0.1) is 11.3 Å². The molecule has 3 rings (SSSR count). The van der Waals surface area contributed by atoms with Crippen molar-refractivity contribution in [3.63, 3.8) is 0 Å². The first kappa shape index (κ1) is 17.5. The third-order valence-corrected chi connectivity index (χ3v) is 5.86. The van der Waals surface area contributed by atoms with Crippen LogP contribution in [0.2, 0.25) is 0 Å². The van der Waals surface area contributed by atoms with Gasteiger partial charge < -0.3 is 14.7 Å². The van der Waals surface area contributed by atoms with E-state index >= 15 is 0 Å². The lowest BCUT2D eigenvalue weighted by Gasteiger charge is -2.38. The lowest BCUT2D eigenvalue weighted by Crippen LogP contribution is -2.42. The van der Waals surface area contributed by atoms with Crippen LogP contribution in [0, 0.1) is 12.3 Å². The van der Waals surface area contributed by atoms with Crippen LogP contribution in [0.4, 0.5) is 0 Å². The summed E-state index contributed by atoms with van der Waals surface area (Å²) in [5.74, 6) is 0. The third kappa shape index (κ3) is 4.03. The van der Waals surface area contributed by atoms with Crippen molar-refractivity contribution < 1.29 is 9.84 Å². The molecule has 5 heteroatoms. The fraction of sp³-hybridized carbons (Fsp3) is 0.526. The lowest BCUT2D eigenvalue weighted by atomic mass is 9.80. The second-order valence-electron chi connectivity index (χ2n) is 6.89. The maximum Gasteiger partial charge on any atom is 0.123 e. The molecular weight excluding hydrogens is 320 g/mol. The van der Waals surface area contributed by atoms with Crippen molar-refractivity contribution in [3.05, 3.63) is 40.9 Å².